The van der Waals surface area contributed by atoms with E-state index in [0.29, 0.717) is 39.0 Å². The van der Waals surface area contributed by atoms with Crippen molar-refractivity contribution in [2.75, 3.05) is 18.5 Å². The zero-order valence-electron chi connectivity index (χ0n) is 11.0. The van der Waals surface area contributed by atoms with Crippen LogP contribution in [0.3, 0.4) is 0 Å². The van der Waals surface area contributed by atoms with Gasteiger partial charge in [0.25, 0.3) is 0 Å². The molecule has 0 heterocycles. The molecular formula is C16H12BrNO3. The molecule has 1 aliphatic rings. The molecular weight excluding hydrogens is 334 g/mol. The number of hydrogen-bond acceptors (Lipinski definition) is 4. The first-order chi connectivity index (χ1) is 10.1. The molecule has 2 aromatic rings. The minimum absolute atomic E-state index is 0.0520. The molecule has 2 aromatic carbocycles. The van der Waals surface area contributed by atoms with Gasteiger partial charge in [0.1, 0.15) is 0 Å². The van der Waals surface area contributed by atoms with Crippen molar-refractivity contribution in [3.05, 3.63) is 63.1 Å². The highest BCUT2D eigenvalue weighted by Gasteiger charge is 2.33. The van der Waals surface area contributed by atoms with Gasteiger partial charge in [-0.3, -0.25) is 9.59 Å². The molecule has 106 valence electrons. The molecule has 0 radical (unpaired) electrons. The van der Waals surface area contributed by atoms with Gasteiger partial charge in [-0.15, -0.1) is 0 Å². The summed E-state index contributed by atoms with van der Waals surface area (Å²) in [6.07, 6.45) is 0. The number of ketones is 2. The minimum atomic E-state index is -0.179. The maximum absolute atomic E-state index is 12.7. The van der Waals surface area contributed by atoms with Crippen LogP contribution < -0.4 is 5.32 Å². The Hall–Kier alpha value is -1.98. The lowest BCUT2D eigenvalue weighted by molar-refractivity contribution is 0.0979. The van der Waals surface area contributed by atoms with Gasteiger partial charge in [-0.25, -0.2) is 0 Å². The van der Waals surface area contributed by atoms with Gasteiger partial charge in [-0.05, 0) is 12.1 Å². The topological polar surface area (TPSA) is 66.4 Å². The average Bonchev–Trinajstić information content (AvgIpc) is 2.51. The summed E-state index contributed by atoms with van der Waals surface area (Å²) in [4.78, 5) is 25.4. The highest BCUT2D eigenvalue weighted by atomic mass is 79.9. The van der Waals surface area contributed by atoms with Crippen LogP contribution in [0.25, 0.3) is 0 Å². The molecule has 1 aliphatic carbocycles. The third-order valence-electron chi connectivity index (χ3n) is 3.45. The van der Waals surface area contributed by atoms with Gasteiger partial charge in [-0.2, -0.15) is 0 Å². The van der Waals surface area contributed by atoms with Crippen molar-refractivity contribution in [2.24, 2.45) is 0 Å². The molecule has 0 unspecified atom stereocenters. The SMILES string of the molecule is O=C1c2ccccc2C(=O)c2c(NCCO)ccc(Br)c21. The van der Waals surface area contributed by atoms with Crippen LogP contribution in [-0.2, 0) is 0 Å². The van der Waals surface area contributed by atoms with Gasteiger partial charge in [0.05, 0.1) is 12.2 Å². The summed E-state index contributed by atoms with van der Waals surface area (Å²) in [6, 6.07) is 10.3. The van der Waals surface area contributed by atoms with Crippen LogP contribution in [0.2, 0.25) is 0 Å². The number of aliphatic hydroxyl groups is 1. The van der Waals surface area contributed by atoms with E-state index in [1.165, 1.54) is 0 Å². The first-order valence-electron chi connectivity index (χ1n) is 6.51. The van der Waals surface area contributed by atoms with Gasteiger partial charge in [0.2, 0.25) is 0 Å². The largest absolute Gasteiger partial charge is 0.395 e. The second-order valence-electron chi connectivity index (χ2n) is 4.70. The summed E-state index contributed by atoms with van der Waals surface area (Å²) in [5, 5.41) is 11.9. The molecule has 0 saturated heterocycles. The number of anilines is 1. The number of aliphatic hydroxyl groups excluding tert-OH is 1. The van der Waals surface area contributed by atoms with Crippen LogP contribution in [0.4, 0.5) is 5.69 Å². The maximum Gasteiger partial charge on any atom is 0.196 e. The predicted octanol–water partition coefficient (Wildman–Crippen LogP) is 2.63. The fraction of sp³-hybridized carbons (Fsp3) is 0.125. The standard InChI is InChI=1S/C16H12BrNO3/c17-11-5-6-12(18-7-8-19)14-13(11)15(20)9-3-1-2-4-10(9)16(14)21/h1-6,18-19H,7-8H2. The monoisotopic (exact) mass is 345 g/mol. The molecule has 5 heteroatoms. The Morgan fingerprint density at radius 2 is 1.57 bits per heavy atom. The van der Waals surface area contributed by atoms with Crippen molar-refractivity contribution < 1.29 is 14.7 Å². The third-order valence-corrected chi connectivity index (χ3v) is 4.11. The summed E-state index contributed by atoms with van der Waals surface area (Å²) in [5.41, 5.74) is 2.15. The van der Waals surface area contributed by atoms with Crippen molar-refractivity contribution in [2.45, 2.75) is 0 Å². The van der Waals surface area contributed by atoms with Crippen molar-refractivity contribution in [3.8, 4) is 0 Å². The van der Waals surface area contributed by atoms with Gasteiger partial charge in [0, 0.05) is 33.4 Å². The number of hydrogen-bond donors (Lipinski definition) is 2. The van der Waals surface area contributed by atoms with Gasteiger partial charge in [-0.1, -0.05) is 40.2 Å². The molecule has 0 fully saturated rings. The van der Waals surface area contributed by atoms with E-state index in [0.717, 1.165) is 0 Å². The second-order valence-corrected chi connectivity index (χ2v) is 5.55. The fourth-order valence-corrected chi connectivity index (χ4v) is 3.03. The first-order valence-corrected chi connectivity index (χ1v) is 7.30. The minimum Gasteiger partial charge on any atom is -0.395 e. The van der Waals surface area contributed by atoms with Crippen molar-refractivity contribution in [1.82, 2.24) is 0 Å². The van der Waals surface area contributed by atoms with Crippen LogP contribution >= 0.6 is 15.9 Å². The molecule has 4 nitrogen and oxygen atoms in total. The van der Waals surface area contributed by atoms with E-state index in [9.17, 15) is 9.59 Å². The zero-order chi connectivity index (χ0) is 15.0. The summed E-state index contributed by atoms with van der Waals surface area (Å²) in [7, 11) is 0. The summed E-state index contributed by atoms with van der Waals surface area (Å²) < 4.78 is 0.597. The van der Waals surface area contributed by atoms with E-state index in [1.54, 1.807) is 36.4 Å². The quantitative estimate of drug-likeness (QED) is 0.765. The maximum atomic E-state index is 12.7. The molecule has 0 bridgehead atoms. The molecule has 0 atom stereocenters. The van der Waals surface area contributed by atoms with Crippen molar-refractivity contribution >= 4 is 33.2 Å². The van der Waals surface area contributed by atoms with Crippen LogP contribution in [0.15, 0.2) is 40.9 Å². The van der Waals surface area contributed by atoms with E-state index in [4.69, 9.17) is 5.11 Å². The summed E-state index contributed by atoms with van der Waals surface area (Å²) in [6.45, 7) is 0.265. The van der Waals surface area contributed by atoms with Crippen LogP contribution in [0.5, 0.6) is 0 Å². The van der Waals surface area contributed by atoms with E-state index >= 15 is 0 Å². The van der Waals surface area contributed by atoms with E-state index in [1.807, 2.05) is 0 Å². The molecule has 2 N–H and O–H groups in total. The van der Waals surface area contributed by atoms with E-state index in [-0.39, 0.29) is 18.2 Å². The molecule has 3 rings (SSSR count). The molecule has 0 aromatic heterocycles. The van der Waals surface area contributed by atoms with Crippen molar-refractivity contribution in [3.63, 3.8) is 0 Å². The fourth-order valence-electron chi connectivity index (χ4n) is 2.52. The van der Waals surface area contributed by atoms with Crippen molar-refractivity contribution in [1.29, 1.82) is 0 Å². The Morgan fingerprint density at radius 3 is 2.19 bits per heavy atom. The predicted molar refractivity (Wildman–Crippen MR) is 83.0 cm³/mol. The number of benzene rings is 2. The second kappa shape index (κ2) is 5.42. The lowest BCUT2D eigenvalue weighted by Gasteiger charge is -2.21. The zero-order valence-corrected chi connectivity index (χ0v) is 12.6. The Kier molecular flexibility index (Phi) is 3.61. The van der Waals surface area contributed by atoms with E-state index < -0.39 is 0 Å². The first kappa shape index (κ1) is 14.0. The highest BCUT2D eigenvalue weighted by molar-refractivity contribution is 9.10. The molecule has 0 spiro atoms. The molecule has 0 aliphatic heterocycles. The molecule has 0 saturated carbocycles. The number of halogens is 1. The summed E-state index contributed by atoms with van der Waals surface area (Å²) in [5.74, 6) is -0.346. The number of carbonyl (C=O) groups excluding carboxylic acids is 2. The van der Waals surface area contributed by atoms with Crippen LogP contribution in [-0.4, -0.2) is 29.8 Å². The Balaban J connectivity index is 2.24. The Morgan fingerprint density at radius 1 is 0.952 bits per heavy atom. The molecule has 0 amide bonds. The third kappa shape index (κ3) is 2.18. The number of fused-ring (bicyclic) bond motifs is 2. The van der Waals surface area contributed by atoms with E-state index in [2.05, 4.69) is 21.2 Å². The Labute approximate surface area is 129 Å². The lowest BCUT2D eigenvalue weighted by atomic mass is 9.83. The van der Waals surface area contributed by atoms with Gasteiger partial charge in [0.15, 0.2) is 11.6 Å². The Bertz CT molecular complexity index is 755. The van der Waals surface area contributed by atoms with Crippen LogP contribution in [0.1, 0.15) is 31.8 Å². The normalized spacial score (nSPS) is 12.9. The molecule has 21 heavy (non-hydrogen) atoms. The number of rotatable bonds is 3. The van der Waals surface area contributed by atoms with Gasteiger partial charge >= 0.3 is 0 Å². The number of nitrogens with one attached hydrogen (secondary N) is 1. The smallest absolute Gasteiger partial charge is 0.196 e. The highest BCUT2D eigenvalue weighted by Crippen LogP contribution is 2.36. The average molecular weight is 346 g/mol. The number of carbonyl (C=O) groups is 2. The summed E-state index contributed by atoms with van der Waals surface area (Å²) >= 11 is 3.35. The van der Waals surface area contributed by atoms with Gasteiger partial charge < -0.3 is 10.4 Å². The lowest BCUT2D eigenvalue weighted by Crippen LogP contribution is -2.23. The van der Waals surface area contributed by atoms with Crippen LogP contribution in [0, 0.1) is 0 Å².